The molecule has 2 aromatic rings. The fraction of sp³-hybridized carbons (Fsp3) is 0.308. The van der Waals surface area contributed by atoms with Crippen molar-refractivity contribution in [2.24, 2.45) is 0 Å². The van der Waals surface area contributed by atoms with Gasteiger partial charge in [-0.15, -0.1) is 0 Å². The van der Waals surface area contributed by atoms with Crippen LogP contribution in [0, 0.1) is 19.1 Å². The number of nitrogens with zero attached hydrogens (tertiary/aromatic N) is 2. The largest absolute Gasteiger partial charge is 0.373 e. The van der Waals surface area contributed by atoms with Gasteiger partial charge in [-0.1, -0.05) is 17.3 Å². The third kappa shape index (κ3) is 1.20. The Morgan fingerprint density at radius 1 is 1.38 bits per heavy atom. The maximum atomic E-state index is 5.37. The topological polar surface area (TPSA) is 29.3 Å². The molecule has 0 bridgehead atoms. The minimum Gasteiger partial charge on any atom is -0.373 e. The second-order valence-corrected chi connectivity index (χ2v) is 4.11. The van der Waals surface area contributed by atoms with E-state index in [0.717, 1.165) is 35.5 Å². The maximum absolute atomic E-state index is 5.37. The van der Waals surface area contributed by atoms with Crippen LogP contribution in [-0.2, 0) is 6.42 Å². The summed E-state index contributed by atoms with van der Waals surface area (Å²) in [6.07, 6.45) is 0.890. The Kier molecular flexibility index (Phi) is 1.90. The zero-order chi connectivity index (χ0) is 11.1. The van der Waals surface area contributed by atoms with E-state index in [1.54, 1.807) is 0 Å². The van der Waals surface area contributed by atoms with Crippen LogP contribution in [0.15, 0.2) is 16.7 Å². The number of hydrogen-bond acceptors (Lipinski definition) is 3. The minimum absolute atomic E-state index is 0.890. The van der Waals surface area contributed by atoms with Gasteiger partial charge in [0.05, 0.1) is 16.9 Å². The molecule has 0 aliphatic carbocycles. The summed E-state index contributed by atoms with van der Waals surface area (Å²) in [5, 5.41) is 4.05. The van der Waals surface area contributed by atoms with Gasteiger partial charge in [0, 0.05) is 31.6 Å². The lowest BCUT2D eigenvalue weighted by Crippen LogP contribution is -2.18. The lowest BCUT2D eigenvalue weighted by molar-refractivity contribution is 0.381. The van der Waals surface area contributed by atoms with E-state index in [9.17, 15) is 0 Å². The van der Waals surface area contributed by atoms with Gasteiger partial charge in [0.2, 0.25) is 0 Å². The average Bonchev–Trinajstić information content (AvgIpc) is 2.60. The molecule has 0 N–H and O–H groups in total. The predicted octanol–water partition coefficient (Wildman–Crippen LogP) is 2.24. The van der Waals surface area contributed by atoms with Crippen LogP contribution in [-0.4, -0.2) is 18.7 Å². The molecular weight excluding hydrogens is 200 g/mol. The van der Waals surface area contributed by atoms with E-state index >= 15 is 0 Å². The molecule has 0 fully saturated rings. The molecule has 0 spiro atoms. The van der Waals surface area contributed by atoms with Crippen molar-refractivity contribution < 1.29 is 4.52 Å². The van der Waals surface area contributed by atoms with Crippen LogP contribution in [0.4, 0.5) is 5.69 Å². The lowest BCUT2D eigenvalue weighted by Gasteiger charge is -2.17. The van der Waals surface area contributed by atoms with Crippen molar-refractivity contribution in [3.63, 3.8) is 0 Å². The molecule has 1 aliphatic rings. The third-order valence-corrected chi connectivity index (χ3v) is 3.07. The Morgan fingerprint density at radius 2 is 2.19 bits per heavy atom. The molecule has 0 amide bonds. The summed E-state index contributed by atoms with van der Waals surface area (Å²) < 4.78 is 5.37. The van der Waals surface area contributed by atoms with Crippen LogP contribution in [0.2, 0.25) is 0 Å². The number of anilines is 1. The highest BCUT2D eigenvalue weighted by molar-refractivity contribution is 5.81. The van der Waals surface area contributed by atoms with E-state index in [2.05, 4.69) is 29.2 Å². The molecule has 0 unspecified atom stereocenters. The summed E-state index contributed by atoms with van der Waals surface area (Å²) in [5.41, 5.74) is 4.40. The van der Waals surface area contributed by atoms with E-state index in [1.807, 2.05) is 19.1 Å². The minimum atomic E-state index is 0.890. The monoisotopic (exact) mass is 212 g/mol. The molecule has 2 heterocycles. The highest BCUT2D eigenvalue weighted by Crippen LogP contribution is 2.36. The van der Waals surface area contributed by atoms with Gasteiger partial charge in [-0.25, -0.2) is 0 Å². The van der Waals surface area contributed by atoms with Crippen molar-refractivity contribution in [2.45, 2.75) is 13.3 Å². The molecule has 3 heteroatoms. The Labute approximate surface area is 94.7 Å². The van der Waals surface area contributed by atoms with Crippen molar-refractivity contribution in [3.8, 4) is 11.1 Å². The Morgan fingerprint density at radius 3 is 3.06 bits per heavy atom. The summed E-state index contributed by atoms with van der Waals surface area (Å²) in [5.74, 6) is 0.975. The molecule has 16 heavy (non-hydrogen) atoms. The molecule has 0 saturated carbocycles. The third-order valence-electron chi connectivity index (χ3n) is 3.07. The van der Waals surface area contributed by atoms with Crippen LogP contribution in [0.3, 0.4) is 0 Å². The van der Waals surface area contributed by atoms with Crippen LogP contribution in [0.5, 0.6) is 0 Å². The predicted molar refractivity (Wildman–Crippen MR) is 61.3 cm³/mol. The Hall–Kier alpha value is -1.95. The van der Waals surface area contributed by atoms with E-state index in [4.69, 9.17) is 4.52 Å². The normalized spacial score (nSPS) is 13.8. The van der Waals surface area contributed by atoms with Gasteiger partial charge < -0.3 is 9.42 Å². The fourth-order valence-electron chi connectivity index (χ4n) is 2.21. The first-order valence-electron chi connectivity index (χ1n) is 5.36. The highest BCUT2D eigenvalue weighted by atomic mass is 16.5. The SMILES string of the molecule is Cc1noc2c1-c1cc#ccc1N(C)CC2. The van der Waals surface area contributed by atoms with Crippen molar-refractivity contribution >= 4 is 5.69 Å². The lowest BCUT2D eigenvalue weighted by atomic mass is 10.0. The quantitative estimate of drug-likeness (QED) is 0.670. The van der Waals surface area contributed by atoms with Crippen molar-refractivity contribution in [1.82, 2.24) is 5.16 Å². The van der Waals surface area contributed by atoms with Crippen molar-refractivity contribution in [3.05, 3.63) is 35.7 Å². The van der Waals surface area contributed by atoms with E-state index in [0.29, 0.717) is 0 Å². The second-order valence-electron chi connectivity index (χ2n) is 4.11. The maximum Gasteiger partial charge on any atom is 0.146 e. The summed E-state index contributed by atoms with van der Waals surface area (Å²) >= 11 is 0. The van der Waals surface area contributed by atoms with Gasteiger partial charge in [0.15, 0.2) is 0 Å². The number of rotatable bonds is 0. The smallest absolute Gasteiger partial charge is 0.146 e. The number of hydrogen-bond donors (Lipinski definition) is 0. The van der Waals surface area contributed by atoms with Gasteiger partial charge in [0.1, 0.15) is 5.76 Å². The molecule has 1 aromatic carbocycles. The average molecular weight is 212 g/mol. The first kappa shape index (κ1) is 9.29. The molecule has 80 valence electrons. The van der Waals surface area contributed by atoms with Crippen LogP contribution < -0.4 is 4.90 Å². The van der Waals surface area contributed by atoms with Crippen LogP contribution in [0.25, 0.3) is 11.1 Å². The first-order chi connectivity index (χ1) is 7.77. The van der Waals surface area contributed by atoms with E-state index < -0.39 is 0 Å². The molecule has 0 atom stereocenters. The van der Waals surface area contributed by atoms with Gasteiger partial charge in [-0.2, -0.15) is 0 Å². The zero-order valence-electron chi connectivity index (χ0n) is 9.37. The number of likely N-dealkylation sites (N-methyl/N-ethyl adjacent to an activating group) is 1. The molecule has 3 rings (SSSR count). The number of aryl methyl sites for hydroxylation is 1. The molecule has 1 aromatic heterocycles. The van der Waals surface area contributed by atoms with Gasteiger partial charge in [-0.05, 0) is 13.0 Å². The van der Waals surface area contributed by atoms with E-state index in [-0.39, 0.29) is 0 Å². The molecular formula is C13H12N2O. The zero-order valence-corrected chi connectivity index (χ0v) is 9.37. The summed E-state index contributed by atoms with van der Waals surface area (Å²) in [4.78, 5) is 2.22. The Balaban J connectivity index is 2.31. The van der Waals surface area contributed by atoms with Crippen molar-refractivity contribution in [1.29, 1.82) is 0 Å². The van der Waals surface area contributed by atoms with Gasteiger partial charge in [0.25, 0.3) is 0 Å². The summed E-state index contributed by atoms with van der Waals surface area (Å²) in [7, 11) is 2.08. The Bertz CT molecular complexity index is 530. The molecule has 3 nitrogen and oxygen atoms in total. The fourth-order valence-corrected chi connectivity index (χ4v) is 2.21. The first-order valence-corrected chi connectivity index (χ1v) is 5.36. The molecule has 0 radical (unpaired) electrons. The van der Waals surface area contributed by atoms with Crippen LogP contribution in [0.1, 0.15) is 11.5 Å². The highest BCUT2D eigenvalue weighted by Gasteiger charge is 2.22. The standard InChI is InChI=1S/C13H12N2O/c1-9-13-10-5-3-4-6-11(10)15(2)8-7-12(13)16-14-9/h5-6H,7-8H2,1-2H3. The van der Waals surface area contributed by atoms with Gasteiger partial charge >= 0.3 is 0 Å². The van der Waals surface area contributed by atoms with E-state index in [1.165, 1.54) is 5.69 Å². The second kappa shape index (κ2) is 3.28. The number of fused-ring (bicyclic) bond motifs is 3. The molecule has 1 aliphatic heterocycles. The summed E-state index contributed by atoms with van der Waals surface area (Å²) in [6, 6.07) is 9.94. The molecule has 0 saturated heterocycles. The summed E-state index contributed by atoms with van der Waals surface area (Å²) in [6.45, 7) is 2.92. The van der Waals surface area contributed by atoms with Crippen LogP contribution >= 0.6 is 0 Å². The van der Waals surface area contributed by atoms with Gasteiger partial charge in [-0.3, -0.25) is 0 Å². The van der Waals surface area contributed by atoms with Crippen molar-refractivity contribution in [2.75, 3.05) is 18.5 Å². The number of aromatic nitrogens is 1.